The third-order valence-corrected chi connectivity index (χ3v) is 2.03. The van der Waals surface area contributed by atoms with Crippen LogP contribution in [0.3, 0.4) is 0 Å². The molecule has 0 fully saturated rings. The highest BCUT2D eigenvalue weighted by molar-refractivity contribution is 6.01. The SMILES string of the molecule is CNC(C(=O)O)C(=O)NCc1ccc(C)o1. The van der Waals surface area contributed by atoms with Gasteiger partial charge >= 0.3 is 5.97 Å². The summed E-state index contributed by atoms with van der Waals surface area (Å²) < 4.78 is 5.23. The Hall–Kier alpha value is -1.82. The van der Waals surface area contributed by atoms with E-state index in [4.69, 9.17) is 9.52 Å². The highest BCUT2D eigenvalue weighted by Crippen LogP contribution is 2.05. The van der Waals surface area contributed by atoms with Crippen LogP contribution in [0.15, 0.2) is 16.5 Å². The maximum atomic E-state index is 11.4. The van der Waals surface area contributed by atoms with Crippen LogP contribution in [0.1, 0.15) is 11.5 Å². The summed E-state index contributed by atoms with van der Waals surface area (Å²) in [6.45, 7) is 1.97. The van der Waals surface area contributed by atoms with E-state index in [1.54, 1.807) is 19.1 Å². The van der Waals surface area contributed by atoms with Crippen LogP contribution in [0, 0.1) is 6.92 Å². The van der Waals surface area contributed by atoms with Gasteiger partial charge in [0.05, 0.1) is 6.54 Å². The number of carbonyl (C=O) groups is 2. The van der Waals surface area contributed by atoms with Crippen molar-refractivity contribution in [3.8, 4) is 0 Å². The van der Waals surface area contributed by atoms with Gasteiger partial charge in [-0.25, -0.2) is 4.79 Å². The van der Waals surface area contributed by atoms with Crippen molar-refractivity contribution >= 4 is 11.9 Å². The standard InChI is InChI=1S/C10H14N2O4/c1-6-3-4-7(16-6)5-12-9(13)8(11-2)10(14)15/h3-4,8,11H,5H2,1-2H3,(H,12,13)(H,14,15). The van der Waals surface area contributed by atoms with Gasteiger partial charge < -0.3 is 14.8 Å². The number of hydrogen-bond acceptors (Lipinski definition) is 4. The van der Waals surface area contributed by atoms with Crippen molar-refractivity contribution in [3.05, 3.63) is 23.7 Å². The van der Waals surface area contributed by atoms with Crippen molar-refractivity contribution < 1.29 is 19.1 Å². The second kappa shape index (κ2) is 5.32. The largest absolute Gasteiger partial charge is 0.480 e. The molecule has 16 heavy (non-hydrogen) atoms. The molecular formula is C10H14N2O4. The van der Waals surface area contributed by atoms with Gasteiger partial charge in [0.1, 0.15) is 11.5 Å². The van der Waals surface area contributed by atoms with Crippen LogP contribution >= 0.6 is 0 Å². The minimum absolute atomic E-state index is 0.179. The fourth-order valence-corrected chi connectivity index (χ4v) is 1.22. The molecule has 0 aromatic carbocycles. The van der Waals surface area contributed by atoms with E-state index in [9.17, 15) is 9.59 Å². The second-order valence-corrected chi connectivity index (χ2v) is 3.29. The molecule has 88 valence electrons. The maximum absolute atomic E-state index is 11.4. The van der Waals surface area contributed by atoms with Gasteiger partial charge in [0.15, 0.2) is 6.04 Å². The van der Waals surface area contributed by atoms with Crippen LogP contribution < -0.4 is 10.6 Å². The van der Waals surface area contributed by atoms with E-state index in [-0.39, 0.29) is 6.54 Å². The Balaban J connectivity index is 2.49. The number of hydrogen-bond donors (Lipinski definition) is 3. The zero-order valence-electron chi connectivity index (χ0n) is 9.11. The van der Waals surface area contributed by atoms with E-state index < -0.39 is 17.9 Å². The molecule has 6 heteroatoms. The lowest BCUT2D eigenvalue weighted by atomic mass is 10.3. The van der Waals surface area contributed by atoms with E-state index >= 15 is 0 Å². The van der Waals surface area contributed by atoms with Crippen molar-refractivity contribution in [2.24, 2.45) is 0 Å². The van der Waals surface area contributed by atoms with Crippen molar-refractivity contribution in [2.45, 2.75) is 19.5 Å². The van der Waals surface area contributed by atoms with Gasteiger partial charge in [-0.2, -0.15) is 0 Å². The third-order valence-electron chi connectivity index (χ3n) is 2.03. The predicted octanol–water partition coefficient (Wildman–Crippen LogP) is -0.123. The van der Waals surface area contributed by atoms with Gasteiger partial charge in [0.2, 0.25) is 5.91 Å². The molecule has 0 bridgehead atoms. The van der Waals surface area contributed by atoms with Gasteiger partial charge in [-0.3, -0.25) is 10.1 Å². The summed E-state index contributed by atoms with van der Waals surface area (Å²) in [6, 6.07) is 2.26. The highest BCUT2D eigenvalue weighted by Gasteiger charge is 2.23. The fourth-order valence-electron chi connectivity index (χ4n) is 1.22. The summed E-state index contributed by atoms with van der Waals surface area (Å²) in [5.74, 6) is -0.474. The molecule has 0 saturated carbocycles. The first-order valence-corrected chi connectivity index (χ1v) is 4.77. The molecule has 3 N–H and O–H groups in total. The highest BCUT2D eigenvalue weighted by atomic mass is 16.4. The zero-order valence-corrected chi connectivity index (χ0v) is 9.11. The molecule has 1 atom stereocenters. The summed E-state index contributed by atoms with van der Waals surface area (Å²) >= 11 is 0. The summed E-state index contributed by atoms with van der Waals surface area (Å²) in [4.78, 5) is 22.0. The number of furan rings is 1. The van der Waals surface area contributed by atoms with E-state index in [1.165, 1.54) is 7.05 Å². The van der Waals surface area contributed by atoms with Crippen LogP contribution in [0.25, 0.3) is 0 Å². The maximum Gasteiger partial charge on any atom is 0.330 e. The molecule has 0 aliphatic heterocycles. The number of aryl methyl sites for hydroxylation is 1. The number of carbonyl (C=O) groups excluding carboxylic acids is 1. The molecule has 0 aliphatic rings. The number of aliphatic carboxylic acids is 1. The quantitative estimate of drug-likeness (QED) is 0.609. The molecule has 0 saturated heterocycles. The lowest BCUT2D eigenvalue weighted by Gasteiger charge is -2.10. The average molecular weight is 226 g/mol. The van der Waals surface area contributed by atoms with Crippen LogP contribution in [-0.2, 0) is 16.1 Å². The molecule has 1 aromatic heterocycles. The van der Waals surface area contributed by atoms with Crippen LogP contribution in [0.5, 0.6) is 0 Å². The van der Waals surface area contributed by atoms with Gasteiger partial charge in [0, 0.05) is 0 Å². The smallest absolute Gasteiger partial charge is 0.330 e. The van der Waals surface area contributed by atoms with Crippen molar-refractivity contribution in [1.29, 1.82) is 0 Å². The van der Waals surface area contributed by atoms with E-state index in [0.29, 0.717) is 5.76 Å². The number of carboxylic acids is 1. The minimum Gasteiger partial charge on any atom is -0.480 e. The Morgan fingerprint density at radius 2 is 2.19 bits per heavy atom. The molecule has 6 nitrogen and oxygen atoms in total. The van der Waals surface area contributed by atoms with Crippen LogP contribution in [0.2, 0.25) is 0 Å². The molecule has 0 aliphatic carbocycles. The lowest BCUT2D eigenvalue weighted by molar-refractivity contribution is -0.143. The first-order valence-electron chi connectivity index (χ1n) is 4.77. The summed E-state index contributed by atoms with van der Waals surface area (Å²) in [5, 5.41) is 13.6. The number of likely N-dealkylation sites (N-methyl/N-ethyl adjacent to an activating group) is 1. The van der Waals surface area contributed by atoms with Gasteiger partial charge in [-0.05, 0) is 26.1 Å². The molecule has 1 heterocycles. The van der Waals surface area contributed by atoms with Gasteiger partial charge in [-0.15, -0.1) is 0 Å². The third kappa shape index (κ3) is 3.09. The monoisotopic (exact) mass is 226 g/mol. The lowest BCUT2D eigenvalue weighted by Crippen LogP contribution is -2.47. The molecule has 1 unspecified atom stereocenters. The second-order valence-electron chi connectivity index (χ2n) is 3.29. The number of rotatable bonds is 5. The first-order chi connectivity index (χ1) is 7.54. The number of amides is 1. The van der Waals surface area contributed by atoms with E-state index in [1.807, 2.05) is 0 Å². The molecule has 1 rings (SSSR count). The van der Waals surface area contributed by atoms with Crippen molar-refractivity contribution in [1.82, 2.24) is 10.6 Å². The fraction of sp³-hybridized carbons (Fsp3) is 0.400. The number of carboxylic acid groups (broad SMARTS) is 1. The summed E-state index contributed by atoms with van der Waals surface area (Å²) in [5.41, 5.74) is 0. The Labute approximate surface area is 92.6 Å². The van der Waals surface area contributed by atoms with Gasteiger partial charge in [0.25, 0.3) is 0 Å². The average Bonchev–Trinajstić information content (AvgIpc) is 2.62. The summed E-state index contributed by atoms with van der Waals surface area (Å²) in [6.07, 6.45) is 0. The predicted molar refractivity (Wildman–Crippen MR) is 55.8 cm³/mol. The summed E-state index contributed by atoms with van der Waals surface area (Å²) in [7, 11) is 1.41. The van der Waals surface area contributed by atoms with Crippen LogP contribution in [0.4, 0.5) is 0 Å². The Morgan fingerprint density at radius 1 is 1.50 bits per heavy atom. The van der Waals surface area contributed by atoms with Crippen molar-refractivity contribution in [2.75, 3.05) is 7.05 Å². The molecule has 0 radical (unpaired) electrons. The van der Waals surface area contributed by atoms with Crippen molar-refractivity contribution in [3.63, 3.8) is 0 Å². The Morgan fingerprint density at radius 3 is 2.62 bits per heavy atom. The van der Waals surface area contributed by atoms with Gasteiger partial charge in [-0.1, -0.05) is 0 Å². The number of nitrogens with one attached hydrogen (secondary N) is 2. The topological polar surface area (TPSA) is 91.6 Å². The van der Waals surface area contributed by atoms with E-state index in [2.05, 4.69) is 10.6 Å². The molecular weight excluding hydrogens is 212 g/mol. The zero-order chi connectivity index (χ0) is 12.1. The Kier molecular flexibility index (Phi) is 4.07. The van der Waals surface area contributed by atoms with Crippen LogP contribution in [-0.4, -0.2) is 30.1 Å². The minimum atomic E-state index is -1.24. The first kappa shape index (κ1) is 12.3. The molecule has 0 spiro atoms. The Bertz CT molecular complexity index is 386. The van der Waals surface area contributed by atoms with E-state index in [0.717, 1.165) is 5.76 Å². The normalized spacial score (nSPS) is 12.1. The molecule has 1 aromatic rings. The molecule has 1 amide bonds.